The van der Waals surface area contributed by atoms with Crippen LogP contribution in [0.5, 0.6) is 5.75 Å². The molecule has 90 valence electrons. The van der Waals surface area contributed by atoms with Crippen LogP contribution in [0.25, 0.3) is 0 Å². The van der Waals surface area contributed by atoms with Crippen LogP contribution in [-0.4, -0.2) is 24.9 Å². The van der Waals surface area contributed by atoms with Crippen molar-refractivity contribution in [1.29, 1.82) is 0 Å². The van der Waals surface area contributed by atoms with Gasteiger partial charge in [0.2, 0.25) is 0 Å². The highest BCUT2D eigenvalue weighted by atomic mass is 79.9. The van der Waals surface area contributed by atoms with E-state index in [1.807, 2.05) is 30.4 Å². The molecule has 1 amide bonds. The van der Waals surface area contributed by atoms with Gasteiger partial charge < -0.3 is 9.64 Å². The number of carbonyl (C=O) groups is 1. The molecule has 0 saturated heterocycles. The van der Waals surface area contributed by atoms with Gasteiger partial charge >= 0.3 is 0 Å². The normalized spacial score (nSPS) is 14.9. The van der Waals surface area contributed by atoms with E-state index in [2.05, 4.69) is 15.9 Å². The van der Waals surface area contributed by atoms with Crippen molar-refractivity contribution >= 4 is 39.1 Å². The Balaban J connectivity index is 2.29. The number of anilines is 1. The van der Waals surface area contributed by atoms with Crippen LogP contribution in [0.1, 0.15) is 0 Å². The van der Waals surface area contributed by atoms with Crippen LogP contribution in [0.4, 0.5) is 5.69 Å². The molecule has 5 heteroatoms. The van der Waals surface area contributed by atoms with Crippen molar-refractivity contribution in [3.05, 3.63) is 34.8 Å². The summed E-state index contributed by atoms with van der Waals surface area (Å²) in [4.78, 5) is 13.5. The van der Waals surface area contributed by atoms with Crippen molar-refractivity contribution < 1.29 is 9.53 Å². The van der Waals surface area contributed by atoms with Crippen molar-refractivity contribution in [3.8, 4) is 5.75 Å². The third kappa shape index (κ3) is 2.82. The Hall–Kier alpha value is -1.00. The number of halogens is 2. The zero-order valence-electron chi connectivity index (χ0n) is 9.03. The molecule has 17 heavy (non-hydrogen) atoms. The molecule has 1 aromatic carbocycles. The van der Waals surface area contributed by atoms with Gasteiger partial charge in [-0.15, -0.1) is 11.6 Å². The van der Waals surface area contributed by atoms with Crippen molar-refractivity contribution in [2.75, 3.05) is 23.9 Å². The monoisotopic (exact) mass is 315 g/mol. The van der Waals surface area contributed by atoms with E-state index in [1.54, 1.807) is 4.90 Å². The molecule has 0 spiro atoms. The molecule has 1 heterocycles. The van der Waals surface area contributed by atoms with Crippen LogP contribution in [-0.2, 0) is 4.79 Å². The Morgan fingerprint density at radius 1 is 1.47 bits per heavy atom. The maximum atomic E-state index is 11.8. The Morgan fingerprint density at radius 3 is 3.06 bits per heavy atom. The lowest BCUT2D eigenvalue weighted by atomic mass is 10.2. The molecule has 3 nitrogen and oxygen atoms in total. The van der Waals surface area contributed by atoms with E-state index in [0.29, 0.717) is 12.4 Å². The van der Waals surface area contributed by atoms with Crippen molar-refractivity contribution in [1.82, 2.24) is 0 Å². The molecule has 0 bridgehead atoms. The first-order valence-electron chi connectivity index (χ1n) is 5.16. The molecule has 0 N–H and O–H groups in total. The van der Waals surface area contributed by atoms with Crippen molar-refractivity contribution in [2.24, 2.45) is 0 Å². The second-order valence-electron chi connectivity index (χ2n) is 3.53. The maximum absolute atomic E-state index is 11.8. The second kappa shape index (κ2) is 5.56. The Bertz CT molecular complexity index is 462. The topological polar surface area (TPSA) is 29.5 Å². The number of nitrogens with zero attached hydrogens (tertiary/aromatic N) is 1. The van der Waals surface area contributed by atoms with Gasteiger partial charge in [-0.2, -0.15) is 0 Å². The lowest BCUT2D eigenvalue weighted by molar-refractivity contribution is -0.121. The van der Waals surface area contributed by atoms with E-state index in [4.69, 9.17) is 16.3 Å². The van der Waals surface area contributed by atoms with E-state index < -0.39 is 0 Å². The van der Waals surface area contributed by atoms with Gasteiger partial charge in [0.05, 0.1) is 5.69 Å². The number of alkyl halides is 1. The summed E-state index contributed by atoms with van der Waals surface area (Å²) in [6.07, 6.45) is 3.70. The predicted octanol–water partition coefficient (Wildman–Crippen LogP) is 2.97. The molecule has 0 radical (unpaired) electrons. The fraction of sp³-hybridized carbons (Fsp3) is 0.250. The van der Waals surface area contributed by atoms with Gasteiger partial charge in [-0.05, 0) is 18.2 Å². The molecule has 2 rings (SSSR count). The maximum Gasteiger partial charge on any atom is 0.265 e. The molecule has 0 saturated carbocycles. The van der Waals surface area contributed by atoms with Gasteiger partial charge in [-0.3, -0.25) is 4.79 Å². The summed E-state index contributed by atoms with van der Waals surface area (Å²) in [6.45, 7) is 0.599. The summed E-state index contributed by atoms with van der Waals surface area (Å²) in [5, 5.41) is 0. The lowest BCUT2D eigenvalue weighted by Gasteiger charge is -2.28. The summed E-state index contributed by atoms with van der Waals surface area (Å²) < 4.78 is 6.28. The minimum absolute atomic E-state index is 0.0465. The molecule has 0 unspecified atom stereocenters. The van der Waals surface area contributed by atoms with E-state index >= 15 is 0 Å². The molecule has 0 atom stereocenters. The van der Waals surface area contributed by atoms with Crippen LogP contribution in [0.2, 0.25) is 0 Å². The summed E-state index contributed by atoms with van der Waals surface area (Å²) in [7, 11) is 0. The van der Waals surface area contributed by atoms with Crippen molar-refractivity contribution in [3.63, 3.8) is 0 Å². The number of carbonyl (C=O) groups excluding carboxylic acids is 1. The fourth-order valence-corrected chi connectivity index (χ4v) is 2.09. The number of fused-ring (bicyclic) bond motifs is 1. The number of benzene rings is 1. The van der Waals surface area contributed by atoms with Crippen LogP contribution in [0.3, 0.4) is 0 Å². The van der Waals surface area contributed by atoms with Gasteiger partial charge in [0.25, 0.3) is 5.91 Å². The molecular weight excluding hydrogens is 305 g/mol. The third-order valence-electron chi connectivity index (χ3n) is 2.41. The summed E-state index contributed by atoms with van der Waals surface area (Å²) in [5.41, 5.74) is 0.787. The molecule has 0 aliphatic carbocycles. The van der Waals surface area contributed by atoms with Crippen LogP contribution < -0.4 is 9.64 Å². The number of hydrogen-bond acceptors (Lipinski definition) is 2. The zero-order valence-corrected chi connectivity index (χ0v) is 11.4. The second-order valence-corrected chi connectivity index (χ2v) is 4.76. The Morgan fingerprint density at radius 2 is 2.29 bits per heavy atom. The van der Waals surface area contributed by atoms with E-state index in [1.165, 1.54) is 0 Å². The van der Waals surface area contributed by atoms with Gasteiger partial charge in [-0.1, -0.05) is 28.1 Å². The zero-order chi connectivity index (χ0) is 12.3. The van der Waals surface area contributed by atoms with Crippen LogP contribution in [0.15, 0.2) is 34.8 Å². The molecule has 0 fully saturated rings. The molecule has 0 aromatic heterocycles. The minimum Gasteiger partial charge on any atom is -0.482 e. The van der Waals surface area contributed by atoms with Crippen molar-refractivity contribution in [2.45, 2.75) is 0 Å². The first kappa shape index (κ1) is 12.5. The number of amides is 1. The predicted molar refractivity (Wildman–Crippen MR) is 71.9 cm³/mol. The number of allylic oxidation sites excluding steroid dienone is 1. The quantitative estimate of drug-likeness (QED) is 0.634. The van der Waals surface area contributed by atoms with E-state index in [0.717, 1.165) is 15.9 Å². The number of ether oxygens (including phenoxy) is 1. The molecule has 1 aromatic rings. The average Bonchev–Trinajstić information content (AvgIpc) is 2.32. The average molecular weight is 317 g/mol. The Kier molecular flexibility index (Phi) is 4.07. The highest BCUT2D eigenvalue weighted by Gasteiger charge is 2.24. The fourth-order valence-electron chi connectivity index (χ4n) is 1.62. The standard InChI is InChI=1S/C12H11BrClNO2/c13-9-3-4-11-10(7-9)15(6-2-1-5-14)12(16)8-17-11/h1-4,7H,5-6,8H2. The van der Waals surface area contributed by atoms with Gasteiger partial charge in [-0.25, -0.2) is 0 Å². The van der Waals surface area contributed by atoms with E-state index in [9.17, 15) is 4.79 Å². The third-order valence-corrected chi connectivity index (χ3v) is 3.08. The minimum atomic E-state index is -0.0465. The largest absolute Gasteiger partial charge is 0.482 e. The van der Waals surface area contributed by atoms with E-state index in [-0.39, 0.29) is 12.5 Å². The van der Waals surface area contributed by atoms with Gasteiger partial charge in [0.15, 0.2) is 6.61 Å². The molecule has 1 aliphatic heterocycles. The summed E-state index contributed by atoms with van der Waals surface area (Å²) in [6, 6.07) is 5.62. The summed E-state index contributed by atoms with van der Waals surface area (Å²) in [5.74, 6) is 1.13. The smallest absolute Gasteiger partial charge is 0.265 e. The highest BCUT2D eigenvalue weighted by Crippen LogP contribution is 2.34. The SMILES string of the molecule is O=C1COc2ccc(Br)cc2N1CC=CCCl. The molecular formula is C12H11BrClNO2. The first-order valence-corrected chi connectivity index (χ1v) is 6.49. The van der Waals surface area contributed by atoms with Gasteiger partial charge in [0.1, 0.15) is 5.75 Å². The lowest BCUT2D eigenvalue weighted by Crippen LogP contribution is -2.38. The van der Waals surface area contributed by atoms with Gasteiger partial charge in [0, 0.05) is 16.9 Å². The molecule has 1 aliphatic rings. The van der Waals surface area contributed by atoms with Crippen LogP contribution >= 0.6 is 27.5 Å². The summed E-state index contributed by atoms with van der Waals surface area (Å²) >= 11 is 8.95. The highest BCUT2D eigenvalue weighted by molar-refractivity contribution is 9.10. The number of rotatable bonds is 3. The first-order chi connectivity index (χ1) is 8.22. The van der Waals surface area contributed by atoms with Crippen LogP contribution in [0, 0.1) is 0 Å². The number of hydrogen-bond donors (Lipinski definition) is 0. The Labute approximate surface area is 113 Å².